The van der Waals surface area contributed by atoms with Crippen LogP contribution in [0.2, 0.25) is 0 Å². The average molecular weight is 344 g/mol. The van der Waals surface area contributed by atoms with E-state index in [1.165, 1.54) is 0 Å². The molecular formula is C18H24N4O3. The monoisotopic (exact) mass is 344 g/mol. The van der Waals surface area contributed by atoms with Crippen molar-refractivity contribution < 1.29 is 14.3 Å². The molecule has 1 fully saturated rings. The highest BCUT2D eigenvalue weighted by Crippen LogP contribution is 2.21. The Morgan fingerprint density at radius 3 is 2.88 bits per heavy atom. The SMILES string of the molecule is C[C@H]1OCCN[C@@H]1C(=O)Nc1ccc2ccn(CC(=O)N(C)C)c2c1. The molecule has 0 saturated carbocycles. The molecule has 1 aromatic heterocycles. The van der Waals surface area contributed by atoms with Gasteiger partial charge in [-0.05, 0) is 30.5 Å². The molecule has 1 aliphatic rings. The summed E-state index contributed by atoms with van der Waals surface area (Å²) in [6.07, 6.45) is 1.72. The molecule has 7 heteroatoms. The Morgan fingerprint density at radius 2 is 2.16 bits per heavy atom. The van der Waals surface area contributed by atoms with E-state index in [1.807, 2.05) is 42.0 Å². The first-order chi connectivity index (χ1) is 12.0. The van der Waals surface area contributed by atoms with Gasteiger partial charge < -0.3 is 24.8 Å². The topological polar surface area (TPSA) is 75.6 Å². The summed E-state index contributed by atoms with van der Waals surface area (Å²) >= 11 is 0. The Hall–Kier alpha value is -2.38. The maximum absolute atomic E-state index is 12.5. The lowest BCUT2D eigenvalue weighted by molar-refractivity contribution is -0.129. The zero-order chi connectivity index (χ0) is 18.0. The van der Waals surface area contributed by atoms with Crippen LogP contribution in [0.4, 0.5) is 5.69 Å². The number of hydrogen-bond acceptors (Lipinski definition) is 4. The summed E-state index contributed by atoms with van der Waals surface area (Å²) < 4.78 is 7.41. The number of rotatable bonds is 4. The van der Waals surface area contributed by atoms with E-state index in [0.717, 1.165) is 10.9 Å². The summed E-state index contributed by atoms with van der Waals surface area (Å²) in [6, 6.07) is 7.29. The number of carbonyl (C=O) groups excluding carboxylic acids is 2. The standard InChI is InChI=1S/C18H24N4O3/c1-12-17(19-7-9-25-12)18(24)20-14-5-4-13-6-8-22(15(13)10-14)11-16(23)21(2)3/h4-6,8,10,12,17,19H,7,9,11H2,1-3H3,(H,20,24)/t12-,17+/m1/s1. The molecule has 3 rings (SSSR count). The summed E-state index contributed by atoms with van der Waals surface area (Å²) in [5.41, 5.74) is 1.61. The van der Waals surface area contributed by atoms with Gasteiger partial charge in [0.2, 0.25) is 11.8 Å². The summed E-state index contributed by atoms with van der Waals surface area (Å²) in [5.74, 6) is -0.0988. The zero-order valence-corrected chi connectivity index (χ0v) is 14.8. The smallest absolute Gasteiger partial charge is 0.244 e. The Balaban J connectivity index is 1.78. The van der Waals surface area contributed by atoms with Crippen LogP contribution in [0.25, 0.3) is 10.9 Å². The number of anilines is 1. The molecule has 0 unspecified atom stereocenters. The van der Waals surface area contributed by atoms with E-state index in [9.17, 15) is 9.59 Å². The lowest BCUT2D eigenvalue weighted by Gasteiger charge is -2.29. The molecule has 2 aromatic rings. The van der Waals surface area contributed by atoms with Gasteiger partial charge in [-0.2, -0.15) is 0 Å². The van der Waals surface area contributed by atoms with E-state index in [-0.39, 0.29) is 30.5 Å². The zero-order valence-electron chi connectivity index (χ0n) is 14.8. The number of morpholine rings is 1. The van der Waals surface area contributed by atoms with Gasteiger partial charge in [0, 0.05) is 32.5 Å². The normalized spacial score (nSPS) is 20.4. The number of nitrogens with zero attached hydrogens (tertiary/aromatic N) is 2. The van der Waals surface area contributed by atoms with E-state index in [2.05, 4.69) is 10.6 Å². The molecule has 0 radical (unpaired) electrons. The molecule has 2 N–H and O–H groups in total. The summed E-state index contributed by atoms with van der Waals surface area (Å²) in [6.45, 7) is 3.43. The third kappa shape index (κ3) is 3.83. The van der Waals surface area contributed by atoms with Crippen molar-refractivity contribution in [2.24, 2.45) is 0 Å². The van der Waals surface area contributed by atoms with E-state index in [1.54, 1.807) is 19.0 Å². The molecule has 1 aliphatic heterocycles. The molecule has 0 bridgehead atoms. The Bertz CT molecular complexity index is 784. The number of ether oxygens (including phenoxy) is 1. The minimum Gasteiger partial charge on any atom is -0.375 e. The van der Waals surface area contributed by atoms with Crippen molar-refractivity contribution >= 4 is 28.4 Å². The fourth-order valence-corrected chi connectivity index (χ4v) is 2.93. The van der Waals surface area contributed by atoms with Crippen LogP contribution in [0.1, 0.15) is 6.92 Å². The van der Waals surface area contributed by atoms with Crippen LogP contribution >= 0.6 is 0 Å². The molecule has 0 aliphatic carbocycles. The molecule has 2 amide bonds. The predicted molar refractivity (Wildman–Crippen MR) is 96.5 cm³/mol. The molecular weight excluding hydrogens is 320 g/mol. The first kappa shape index (κ1) is 17.4. The van der Waals surface area contributed by atoms with Crippen molar-refractivity contribution in [1.29, 1.82) is 0 Å². The first-order valence-electron chi connectivity index (χ1n) is 8.40. The van der Waals surface area contributed by atoms with Crippen LogP contribution < -0.4 is 10.6 Å². The molecule has 25 heavy (non-hydrogen) atoms. The maximum atomic E-state index is 12.5. The number of benzene rings is 1. The van der Waals surface area contributed by atoms with Gasteiger partial charge in [-0.3, -0.25) is 9.59 Å². The minimum atomic E-state index is -0.369. The third-order valence-corrected chi connectivity index (χ3v) is 4.44. The van der Waals surface area contributed by atoms with Crippen LogP contribution in [0.3, 0.4) is 0 Å². The molecule has 1 saturated heterocycles. The van der Waals surface area contributed by atoms with Gasteiger partial charge in [0.1, 0.15) is 12.6 Å². The highest BCUT2D eigenvalue weighted by atomic mass is 16.5. The van der Waals surface area contributed by atoms with Crippen LogP contribution in [0, 0.1) is 0 Å². The van der Waals surface area contributed by atoms with Gasteiger partial charge in [0.15, 0.2) is 0 Å². The quantitative estimate of drug-likeness (QED) is 0.869. The fraction of sp³-hybridized carbons (Fsp3) is 0.444. The molecule has 134 valence electrons. The van der Waals surface area contributed by atoms with E-state index in [4.69, 9.17) is 4.74 Å². The Labute approximate surface area is 146 Å². The van der Waals surface area contributed by atoms with Crippen molar-refractivity contribution in [2.75, 3.05) is 32.6 Å². The second-order valence-electron chi connectivity index (χ2n) is 6.50. The lowest BCUT2D eigenvalue weighted by Crippen LogP contribution is -2.53. The van der Waals surface area contributed by atoms with E-state index in [0.29, 0.717) is 18.8 Å². The van der Waals surface area contributed by atoms with E-state index < -0.39 is 0 Å². The van der Waals surface area contributed by atoms with Crippen LogP contribution in [-0.2, 0) is 20.9 Å². The van der Waals surface area contributed by atoms with Crippen molar-refractivity contribution in [1.82, 2.24) is 14.8 Å². The van der Waals surface area contributed by atoms with Crippen LogP contribution in [-0.4, -0.2) is 60.7 Å². The second kappa shape index (κ2) is 7.25. The molecule has 1 aromatic carbocycles. The number of fused-ring (bicyclic) bond motifs is 1. The van der Waals surface area contributed by atoms with Gasteiger partial charge in [-0.1, -0.05) is 6.07 Å². The third-order valence-electron chi connectivity index (χ3n) is 4.44. The van der Waals surface area contributed by atoms with Crippen molar-refractivity contribution in [3.05, 3.63) is 30.5 Å². The number of amides is 2. The lowest BCUT2D eigenvalue weighted by atomic mass is 10.1. The van der Waals surface area contributed by atoms with Crippen molar-refractivity contribution in [3.8, 4) is 0 Å². The molecule has 2 heterocycles. The highest BCUT2D eigenvalue weighted by Gasteiger charge is 2.28. The van der Waals surface area contributed by atoms with Crippen LogP contribution in [0.15, 0.2) is 30.5 Å². The summed E-state index contributed by atoms with van der Waals surface area (Å²) in [7, 11) is 3.47. The van der Waals surface area contributed by atoms with Crippen molar-refractivity contribution in [2.45, 2.75) is 25.6 Å². The number of likely N-dealkylation sites (N-methyl/N-ethyl adjacent to an activating group) is 1. The number of carbonyl (C=O) groups is 2. The molecule has 0 spiro atoms. The van der Waals surface area contributed by atoms with Gasteiger partial charge in [-0.25, -0.2) is 0 Å². The Kier molecular flexibility index (Phi) is 5.06. The number of aromatic nitrogens is 1. The van der Waals surface area contributed by atoms with Crippen molar-refractivity contribution in [3.63, 3.8) is 0 Å². The fourth-order valence-electron chi connectivity index (χ4n) is 2.93. The van der Waals surface area contributed by atoms with Gasteiger partial charge >= 0.3 is 0 Å². The maximum Gasteiger partial charge on any atom is 0.244 e. The highest BCUT2D eigenvalue weighted by molar-refractivity contribution is 5.97. The van der Waals surface area contributed by atoms with Gasteiger partial charge in [0.25, 0.3) is 0 Å². The second-order valence-corrected chi connectivity index (χ2v) is 6.50. The van der Waals surface area contributed by atoms with Gasteiger partial charge in [0.05, 0.1) is 18.2 Å². The first-order valence-corrected chi connectivity index (χ1v) is 8.40. The summed E-state index contributed by atoms with van der Waals surface area (Å²) in [4.78, 5) is 26.0. The minimum absolute atomic E-state index is 0.0179. The van der Waals surface area contributed by atoms with E-state index >= 15 is 0 Å². The predicted octanol–water partition coefficient (Wildman–Crippen LogP) is 1.04. The Morgan fingerprint density at radius 1 is 1.36 bits per heavy atom. The molecule has 2 atom stereocenters. The van der Waals surface area contributed by atoms with Crippen LogP contribution in [0.5, 0.6) is 0 Å². The largest absolute Gasteiger partial charge is 0.375 e. The number of hydrogen-bond donors (Lipinski definition) is 2. The molecule has 7 nitrogen and oxygen atoms in total. The number of nitrogens with one attached hydrogen (secondary N) is 2. The average Bonchev–Trinajstić information content (AvgIpc) is 2.97. The summed E-state index contributed by atoms with van der Waals surface area (Å²) in [5, 5.41) is 7.14. The van der Waals surface area contributed by atoms with Gasteiger partial charge in [-0.15, -0.1) is 0 Å².